The molecule has 0 N–H and O–H groups in total. The third kappa shape index (κ3) is 3.13. The van der Waals surface area contributed by atoms with E-state index in [0.717, 1.165) is 16.7 Å². The zero-order valence-electron chi connectivity index (χ0n) is 12.5. The number of hydrogen-bond acceptors (Lipinski definition) is 3. The fourth-order valence-electron chi connectivity index (χ4n) is 2.16. The van der Waals surface area contributed by atoms with E-state index in [1.165, 1.54) is 10.9 Å². The lowest BCUT2D eigenvalue weighted by molar-refractivity contribution is 0.0969. The molecule has 0 aliphatic carbocycles. The topological polar surface area (TPSA) is 52.0 Å². The smallest absolute Gasteiger partial charge is 0.268 e. The molecule has 0 saturated carbocycles. The van der Waals surface area contributed by atoms with Crippen LogP contribution in [-0.4, -0.2) is 15.3 Å². The van der Waals surface area contributed by atoms with Gasteiger partial charge in [-0.3, -0.25) is 14.2 Å². The first-order valence-corrected chi connectivity index (χ1v) is 7.43. The van der Waals surface area contributed by atoms with Gasteiger partial charge in [0.15, 0.2) is 5.78 Å². The van der Waals surface area contributed by atoms with E-state index in [1.807, 2.05) is 32.9 Å². The molecule has 110 valence electrons. The Kier molecular flexibility index (Phi) is 4.42. The second kappa shape index (κ2) is 5.93. The number of benzene rings is 1. The van der Waals surface area contributed by atoms with E-state index in [1.54, 1.807) is 6.92 Å². The van der Waals surface area contributed by atoms with Crippen molar-refractivity contribution in [3.05, 3.63) is 61.2 Å². The zero-order chi connectivity index (χ0) is 15.7. The lowest BCUT2D eigenvalue weighted by Crippen LogP contribution is -2.26. The highest BCUT2D eigenvalue weighted by atomic mass is 79.9. The van der Waals surface area contributed by atoms with E-state index in [-0.39, 0.29) is 17.9 Å². The first-order chi connectivity index (χ1) is 9.81. The molecule has 0 spiro atoms. The van der Waals surface area contributed by atoms with Crippen molar-refractivity contribution in [3.8, 4) is 0 Å². The molecule has 1 aromatic carbocycles. The van der Waals surface area contributed by atoms with Crippen LogP contribution in [0.3, 0.4) is 0 Å². The fourth-order valence-corrected chi connectivity index (χ4v) is 2.49. The summed E-state index contributed by atoms with van der Waals surface area (Å²) >= 11 is 3.20. The van der Waals surface area contributed by atoms with Gasteiger partial charge in [-0.25, -0.2) is 4.98 Å². The number of rotatable bonds is 3. The summed E-state index contributed by atoms with van der Waals surface area (Å²) in [6.45, 7) is 7.63. The van der Waals surface area contributed by atoms with Crippen LogP contribution in [-0.2, 0) is 6.54 Å². The standard InChI is InChI=1S/C16H17BrN2O2/c1-9-5-11(3)13(6-10(9)2)14(20)7-19-8-18-12(4)15(17)16(19)21/h5-6,8H,7H2,1-4H3. The Morgan fingerprint density at radius 1 is 1.14 bits per heavy atom. The number of ketones is 1. The molecule has 1 aromatic heterocycles. The van der Waals surface area contributed by atoms with E-state index in [2.05, 4.69) is 20.9 Å². The van der Waals surface area contributed by atoms with Crippen LogP contribution in [0.2, 0.25) is 0 Å². The summed E-state index contributed by atoms with van der Waals surface area (Å²) in [4.78, 5) is 28.6. The summed E-state index contributed by atoms with van der Waals surface area (Å²) < 4.78 is 1.73. The third-order valence-corrected chi connectivity index (χ3v) is 4.53. The van der Waals surface area contributed by atoms with E-state index in [0.29, 0.717) is 15.7 Å². The second-order valence-corrected chi connectivity index (χ2v) is 6.04. The summed E-state index contributed by atoms with van der Waals surface area (Å²) in [5.74, 6) is -0.0877. The number of carbonyl (C=O) groups excluding carboxylic acids is 1. The lowest BCUT2D eigenvalue weighted by atomic mass is 9.98. The molecule has 0 bridgehead atoms. The summed E-state index contributed by atoms with van der Waals surface area (Å²) in [6, 6.07) is 3.88. The molecule has 0 aliphatic heterocycles. The van der Waals surface area contributed by atoms with Crippen LogP contribution < -0.4 is 5.56 Å². The lowest BCUT2D eigenvalue weighted by Gasteiger charge is -2.10. The van der Waals surface area contributed by atoms with Crippen molar-refractivity contribution in [2.75, 3.05) is 0 Å². The quantitative estimate of drug-likeness (QED) is 0.800. The normalized spacial score (nSPS) is 10.7. The van der Waals surface area contributed by atoms with Gasteiger partial charge in [-0.15, -0.1) is 0 Å². The number of nitrogens with zero attached hydrogens (tertiary/aromatic N) is 2. The molecule has 0 saturated heterocycles. The monoisotopic (exact) mass is 348 g/mol. The maximum atomic E-state index is 12.4. The van der Waals surface area contributed by atoms with E-state index < -0.39 is 0 Å². The van der Waals surface area contributed by atoms with Crippen molar-refractivity contribution in [3.63, 3.8) is 0 Å². The van der Waals surface area contributed by atoms with Crippen molar-refractivity contribution < 1.29 is 4.79 Å². The Balaban J connectivity index is 2.37. The molecule has 2 rings (SSSR count). The van der Waals surface area contributed by atoms with E-state index in [9.17, 15) is 9.59 Å². The minimum Gasteiger partial charge on any atom is -0.292 e. The maximum Gasteiger partial charge on any atom is 0.268 e. The van der Waals surface area contributed by atoms with Gasteiger partial charge in [0.1, 0.15) is 4.47 Å². The van der Waals surface area contributed by atoms with Gasteiger partial charge in [-0.2, -0.15) is 0 Å². The fraction of sp³-hybridized carbons (Fsp3) is 0.312. The SMILES string of the molecule is Cc1cc(C)c(C(=O)Cn2cnc(C)c(Br)c2=O)cc1C. The average molecular weight is 349 g/mol. The van der Waals surface area contributed by atoms with Crippen molar-refractivity contribution >= 4 is 21.7 Å². The highest BCUT2D eigenvalue weighted by Crippen LogP contribution is 2.16. The van der Waals surface area contributed by atoms with Crippen LogP contribution in [0.1, 0.15) is 32.7 Å². The summed E-state index contributed by atoms with van der Waals surface area (Å²) in [5.41, 5.74) is 4.18. The second-order valence-electron chi connectivity index (χ2n) is 5.25. The molecular weight excluding hydrogens is 332 g/mol. The molecule has 2 aromatic rings. The van der Waals surface area contributed by atoms with Gasteiger partial charge in [0.05, 0.1) is 18.6 Å². The van der Waals surface area contributed by atoms with Crippen molar-refractivity contribution in [1.82, 2.24) is 9.55 Å². The van der Waals surface area contributed by atoms with E-state index in [4.69, 9.17) is 0 Å². The number of Topliss-reactive ketones (excluding diaryl/α,β-unsaturated/α-hetero) is 1. The Morgan fingerprint density at radius 2 is 1.76 bits per heavy atom. The Hall–Kier alpha value is -1.75. The Bertz CT molecular complexity index is 779. The van der Waals surface area contributed by atoms with Gasteiger partial charge >= 0.3 is 0 Å². The number of halogens is 1. The molecule has 0 atom stereocenters. The first-order valence-electron chi connectivity index (χ1n) is 6.64. The predicted octanol–water partition coefficient (Wildman–Crippen LogP) is 3.12. The zero-order valence-corrected chi connectivity index (χ0v) is 14.1. The first kappa shape index (κ1) is 15.6. The number of aromatic nitrogens is 2. The van der Waals surface area contributed by atoms with Crippen LogP contribution in [0.15, 0.2) is 27.7 Å². The van der Waals surface area contributed by atoms with Crippen LogP contribution in [0.25, 0.3) is 0 Å². The van der Waals surface area contributed by atoms with Crippen molar-refractivity contribution in [2.45, 2.75) is 34.2 Å². The third-order valence-electron chi connectivity index (χ3n) is 3.61. The average Bonchev–Trinajstić information content (AvgIpc) is 2.43. The number of hydrogen-bond donors (Lipinski definition) is 0. The predicted molar refractivity (Wildman–Crippen MR) is 85.9 cm³/mol. The van der Waals surface area contributed by atoms with Crippen LogP contribution in [0.4, 0.5) is 0 Å². The van der Waals surface area contributed by atoms with Gasteiger partial charge < -0.3 is 0 Å². The highest BCUT2D eigenvalue weighted by Gasteiger charge is 2.14. The summed E-state index contributed by atoms with van der Waals surface area (Å²) in [7, 11) is 0. The Morgan fingerprint density at radius 3 is 2.43 bits per heavy atom. The van der Waals surface area contributed by atoms with Crippen molar-refractivity contribution in [2.24, 2.45) is 0 Å². The van der Waals surface area contributed by atoms with Gasteiger partial charge in [-0.1, -0.05) is 6.07 Å². The number of aryl methyl sites for hydroxylation is 4. The molecule has 1 heterocycles. The molecule has 0 fully saturated rings. The van der Waals surface area contributed by atoms with Gasteiger partial charge in [0.2, 0.25) is 0 Å². The minimum atomic E-state index is -0.239. The molecular formula is C16H17BrN2O2. The van der Waals surface area contributed by atoms with Gasteiger partial charge in [-0.05, 0) is 66.4 Å². The largest absolute Gasteiger partial charge is 0.292 e. The summed E-state index contributed by atoms with van der Waals surface area (Å²) in [6.07, 6.45) is 1.41. The molecule has 0 unspecified atom stereocenters. The summed E-state index contributed by atoms with van der Waals surface area (Å²) in [5, 5.41) is 0. The number of carbonyl (C=O) groups is 1. The van der Waals surface area contributed by atoms with Crippen LogP contribution >= 0.6 is 15.9 Å². The maximum absolute atomic E-state index is 12.4. The minimum absolute atomic E-state index is 0.00590. The molecule has 0 amide bonds. The highest BCUT2D eigenvalue weighted by molar-refractivity contribution is 9.10. The van der Waals surface area contributed by atoms with E-state index >= 15 is 0 Å². The van der Waals surface area contributed by atoms with Gasteiger partial charge in [0, 0.05) is 5.56 Å². The van der Waals surface area contributed by atoms with Gasteiger partial charge in [0.25, 0.3) is 5.56 Å². The van der Waals surface area contributed by atoms with Crippen molar-refractivity contribution in [1.29, 1.82) is 0 Å². The molecule has 0 radical (unpaired) electrons. The molecule has 5 heteroatoms. The Labute approximate surface area is 132 Å². The molecule has 21 heavy (non-hydrogen) atoms. The van der Waals surface area contributed by atoms with Crippen LogP contribution in [0.5, 0.6) is 0 Å². The van der Waals surface area contributed by atoms with Crippen LogP contribution in [0, 0.1) is 27.7 Å². The molecule has 0 aliphatic rings. The molecule has 4 nitrogen and oxygen atoms in total.